The molecule has 0 aliphatic heterocycles. The lowest BCUT2D eigenvalue weighted by Crippen LogP contribution is -2.36. The van der Waals surface area contributed by atoms with E-state index in [1.165, 1.54) is 0 Å². The van der Waals surface area contributed by atoms with Gasteiger partial charge in [-0.1, -0.05) is 40.2 Å². The van der Waals surface area contributed by atoms with Crippen LogP contribution in [0.25, 0.3) is 11.0 Å². The molecule has 0 bridgehead atoms. The zero-order chi connectivity index (χ0) is 23.7. The van der Waals surface area contributed by atoms with Gasteiger partial charge in [0.1, 0.15) is 0 Å². The molecule has 2 aromatic rings. The van der Waals surface area contributed by atoms with Crippen LogP contribution < -0.4 is 16.6 Å². The third-order valence-corrected chi connectivity index (χ3v) is 5.58. The van der Waals surface area contributed by atoms with Crippen molar-refractivity contribution in [2.75, 3.05) is 0 Å². The van der Waals surface area contributed by atoms with Crippen molar-refractivity contribution in [1.29, 1.82) is 0 Å². The summed E-state index contributed by atoms with van der Waals surface area (Å²) in [7, 11) is 0. The van der Waals surface area contributed by atoms with E-state index in [4.69, 9.17) is 15.7 Å². The Bertz CT molecular complexity index is 951. The van der Waals surface area contributed by atoms with Crippen molar-refractivity contribution < 1.29 is 0 Å². The fraction of sp³-hybridized carbons (Fsp3) is 0.538. The lowest BCUT2D eigenvalue weighted by atomic mass is 10.0. The van der Waals surface area contributed by atoms with Gasteiger partial charge in [-0.2, -0.15) is 0 Å². The number of aryl methyl sites for hydroxylation is 1. The van der Waals surface area contributed by atoms with Gasteiger partial charge >= 0.3 is 0 Å². The van der Waals surface area contributed by atoms with Crippen LogP contribution in [-0.2, 0) is 6.54 Å². The fourth-order valence-corrected chi connectivity index (χ4v) is 4.07. The fourth-order valence-electron chi connectivity index (χ4n) is 4.07. The first-order valence-electron chi connectivity index (χ1n) is 12.0. The maximum atomic E-state index is 6.32. The topological polar surface area (TPSA) is 80.3 Å². The molecular weight excluding hydrogens is 396 g/mol. The summed E-state index contributed by atoms with van der Waals surface area (Å²) >= 11 is 0. The Hall–Kier alpha value is -2.44. The van der Waals surface area contributed by atoms with Gasteiger partial charge in [-0.05, 0) is 57.7 Å². The molecule has 2 rings (SSSR count). The Kier molecular flexibility index (Phi) is 10.1. The van der Waals surface area contributed by atoms with E-state index in [0.717, 1.165) is 71.4 Å². The van der Waals surface area contributed by atoms with Crippen molar-refractivity contribution in [3.8, 4) is 0 Å². The van der Waals surface area contributed by atoms with Gasteiger partial charge in [0.25, 0.3) is 0 Å². The van der Waals surface area contributed by atoms with E-state index in [1.807, 2.05) is 12.4 Å². The maximum Gasteiger partial charge on any atom is 0.0933 e. The quantitative estimate of drug-likeness (QED) is 0.214. The van der Waals surface area contributed by atoms with E-state index < -0.39 is 0 Å². The molecule has 4 N–H and O–H groups in total. The number of rotatable bonds is 13. The predicted octanol–water partition coefficient (Wildman–Crippen LogP) is 5.67. The van der Waals surface area contributed by atoms with Crippen LogP contribution in [0.3, 0.4) is 0 Å². The predicted molar refractivity (Wildman–Crippen MR) is 138 cm³/mol. The zero-order valence-corrected chi connectivity index (χ0v) is 20.8. The van der Waals surface area contributed by atoms with Crippen LogP contribution in [0.1, 0.15) is 89.6 Å². The van der Waals surface area contributed by atoms with Crippen LogP contribution in [0.15, 0.2) is 41.8 Å². The molecule has 6 nitrogen and oxygen atoms in total. The largest absolute Gasteiger partial charge is 0.335 e. The number of nitrogens with one attached hydrogen (secondary N) is 2. The Morgan fingerprint density at radius 2 is 2.03 bits per heavy atom. The summed E-state index contributed by atoms with van der Waals surface area (Å²) in [5, 5.41) is 0. The van der Waals surface area contributed by atoms with Gasteiger partial charge in [0.2, 0.25) is 0 Å². The Morgan fingerprint density at radius 3 is 2.59 bits per heavy atom. The van der Waals surface area contributed by atoms with E-state index in [1.54, 1.807) is 6.08 Å². The molecule has 0 radical (unpaired) electrons. The van der Waals surface area contributed by atoms with Crippen LogP contribution in [0.2, 0.25) is 0 Å². The number of aliphatic imine (C=N–C) groups is 1. The summed E-state index contributed by atoms with van der Waals surface area (Å²) in [6, 6.07) is 2.93. The number of hydrazine groups is 1. The lowest BCUT2D eigenvalue weighted by Gasteiger charge is -2.22. The Morgan fingerprint density at radius 1 is 1.28 bits per heavy atom. The summed E-state index contributed by atoms with van der Waals surface area (Å²) in [6.07, 6.45) is 10.7. The molecule has 2 heterocycles. The summed E-state index contributed by atoms with van der Waals surface area (Å²) in [6.45, 7) is 17.3. The SMILES string of the molecule is C=C/C(=C\N=C(CCC)c1c(CN)c2ncc(C)cc2n1C(CC)CCC)NNC(C)C. The molecular formula is C26H42N6. The number of nitrogens with two attached hydrogens (primary N) is 1. The van der Waals surface area contributed by atoms with Crippen LogP contribution in [0.5, 0.6) is 0 Å². The first-order valence-corrected chi connectivity index (χ1v) is 12.0. The minimum Gasteiger partial charge on any atom is -0.335 e. The Balaban J connectivity index is 2.77. The van der Waals surface area contributed by atoms with Crippen molar-refractivity contribution in [2.45, 2.75) is 92.3 Å². The number of hydrogen-bond donors (Lipinski definition) is 3. The molecule has 1 unspecified atom stereocenters. The molecule has 6 heteroatoms. The third kappa shape index (κ3) is 6.08. The highest BCUT2D eigenvalue weighted by molar-refractivity contribution is 6.05. The monoisotopic (exact) mass is 438 g/mol. The van der Waals surface area contributed by atoms with E-state index in [0.29, 0.717) is 18.6 Å². The third-order valence-electron chi connectivity index (χ3n) is 5.58. The van der Waals surface area contributed by atoms with Gasteiger partial charge in [0.05, 0.1) is 34.3 Å². The second-order valence-electron chi connectivity index (χ2n) is 8.67. The van der Waals surface area contributed by atoms with Gasteiger partial charge in [0.15, 0.2) is 0 Å². The van der Waals surface area contributed by atoms with Crippen LogP contribution in [0.4, 0.5) is 0 Å². The molecule has 0 amide bonds. The molecule has 32 heavy (non-hydrogen) atoms. The molecule has 0 aromatic carbocycles. The molecule has 0 saturated carbocycles. The van der Waals surface area contributed by atoms with Gasteiger partial charge in [-0.25, -0.2) is 5.43 Å². The number of aromatic nitrogens is 2. The summed E-state index contributed by atoms with van der Waals surface area (Å²) in [5.41, 5.74) is 20.1. The van der Waals surface area contributed by atoms with Crippen molar-refractivity contribution in [2.24, 2.45) is 10.7 Å². The molecule has 0 saturated heterocycles. The number of fused-ring (bicyclic) bond motifs is 1. The second kappa shape index (κ2) is 12.6. The smallest absolute Gasteiger partial charge is 0.0933 e. The second-order valence-corrected chi connectivity index (χ2v) is 8.67. The highest BCUT2D eigenvalue weighted by Crippen LogP contribution is 2.33. The normalized spacial score (nSPS) is 13.8. The van der Waals surface area contributed by atoms with Crippen LogP contribution in [-0.4, -0.2) is 21.3 Å². The summed E-state index contributed by atoms with van der Waals surface area (Å²) in [4.78, 5) is 9.78. The van der Waals surface area contributed by atoms with Crippen molar-refractivity contribution in [3.05, 3.63) is 53.6 Å². The standard InChI is InChI=1S/C26H42N6/c1-8-12-21(11-4)32-24-14-19(7)16-29-25(24)22(15-27)26(32)23(13-9-2)28-17-20(10-3)31-30-18(5)6/h10,14,16-18,21,30-31H,3,8-9,11-13,15,27H2,1-2,4-7H3/b20-17+,28-23?. The highest BCUT2D eigenvalue weighted by atomic mass is 15.4. The molecule has 1 atom stereocenters. The van der Waals surface area contributed by atoms with Crippen molar-refractivity contribution >= 4 is 16.7 Å². The molecule has 0 aliphatic carbocycles. The lowest BCUT2D eigenvalue weighted by molar-refractivity contribution is 0.457. The van der Waals surface area contributed by atoms with E-state index in [2.05, 4.69) is 69.6 Å². The minimum absolute atomic E-state index is 0.303. The average molecular weight is 439 g/mol. The van der Waals surface area contributed by atoms with Crippen molar-refractivity contribution in [3.63, 3.8) is 0 Å². The molecule has 0 spiro atoms. The van der Waals surface area contributed by atoms with Gasteiger partial charge in [-0.3, -0.25) is 9.98 Å². The molecule has 0 fully saturated rings. The van der Waals surface area contributed by atoms with Crippen LogP contribution in [0, 0.1) is 6.92 Å². The minimum atomic E-state index is 0.303. The van der Waals surface area contributed by atoms with Gasteiger partial charge in [-0.15, -0.1) is 0 Å². The number of hydrogen-bond acceptors (Lipinski definition) is 5. The molecule has 0 aliphatic rings. The first kappa shape index (κ1) is 25.8. The maximum absolute atomic E-state index is 6.32. The van der Waals surface area contributed by atoms with Gasteiger partial charge < -0.3 is 15.7 Å². The van der Waals surface area contributed by atoms with Crippen molar-refractivity contribution in [1.82, 2.24) is 20.4 Å². The summed E-state index contributed by atoms with van der Waals surface area (Å²) < 4.78 is 2.47. The van der Waals surface area contributed by atoms with E-state index in [-0.39, 0.29) is 0 Å². The zero-order valence-electron chi connectivity index (χ0n) is 20.8. The van der Waals surface area contributed by atoms with E-state index >= 15 is 0 Å². The number of pyridine rings is 1. The highest BCUT2D eigenvalue weighted by Gasteiger charge is 2.25. The average Bonchev–Trinajstić information content (AvgIpc) is 3.09. The summed E-state index contributed by atoms with van der Waals surface area (Å²) in [5.74, 6) is 0. The molecule has 176 valence electrons. The van der Waals surface area contributed by atoms with E-state index in [9.17, 15) is 0 Å². The number of nitrogens with zero attached hydrogens (tertiary/aromatic N) is 3. The van der Waals surface area contributed by atoms with Crippen LogP contribution >= 0.6 is 0 Å². The first-order chi connectivity index (χ1) is 15.4. The Labute approximate surface area is 194 Å². The van der Waals surface area contributed by atoms with Gasteiger partial charge in [0, 0.05) is 30.4 Å². The molecule has 2 aromatic heterocycles. The number of allylic oxidation sites excluding steroid dienone is 1.